The first-order chi connectivity index (χ1) is 14.0. The maximum atomic E-state index is 12.5. The molecule has 0 atom stereocenters. The van der Waals surface area contributed by atoms with Gasteiger partial charge in [0.1, 0.15) is 0 Å². The standard InChI is InChI=1S/C25H29NO3S/c1-24(2,3)21-16-20(23(30-21)25(4,28)29)26-22(27)15-12-17-10-13-19(14-11-17)18-8-6-5-7-9-18/h5-11,13-14,16,28-29H,12,15H2,1-4H3,(H,26,27). The number of hydrogen-bond acceptors (Lipinski definition) is 4. The number of aryl methyl sites for hydroxylation is 1. The lowest BCUT2D eigenvalue weighted by Gasteiger charge is -2.17. The third-order valence-corrected chi connectivity index (χ3v) is 6.64. The van der Waals surface area contributed by atoms with Crippen molar-refractivity contribution < 1.29 is 15.0 Å². The van der Waals surface area contributed by atoms with Crippen molar-refractivity contribution >= 4 is 22.9 Å². The molecule has 0 unspecified atom stereocenters. The fourth-order valence-electron chi connectivity index (χ4n) is 3.17. The van der Waals surface area contributed by atoms with Crippen LogP contribution < -0.4 is 5.32 Å². The smallest absolute Gasteiger partial charge is 0.224 e. The first kappa shape index (κ1) is 22.2. The lowest BCUT2D eigenvalue weighted by molar-refractivity contribution is -0.149. The summed E-state index contributed by atoms with van der Waals surface area (Å²) in [6, 6.07) is 20.2. The van der Waals surface area contributed by atoms with Gasteiger partial charge in [-0.05, 0) is 41.5 Å². The average Bonchev–Trinajstić information content (AvgIpc) is 3.12. The highest BCUT2D eigenvalue weighted by Crippen LogP contribution is 2.40. The molecule has 0 aliphatic heterocycles. The summed E-state index contributed by atoms with van der Waals surface area (Å²) in [6.45, 7) is 7.48. The number of nitrogens with one attached hydrogen (secondary N) is 1. The first-order valence-corrected chi connectivity index (χ1v) is 10.9. The third-order valence-electron chi connectivity index (χ3n) is 4.88. The zero-order valence-electron chi connectivity index (χ0n) is 17.9. The Balaban J connectivity index is 1.65. The van der Waals surface area contributed by atoms with Crippen molar-refractivity contribution in [2.75, 3.05) is 5.32 Å². The van der Waals surface area contributed by atoms with Crippen molar-refractivity contribution in [3.05, 3.63) is 76.0 Å². The van der Waals surface area contributed by atoms with Gasteiger partial charge in [0.05, 0.1) is 10.6 Å². The molecule has 1 aromatic heterocycles. The molecule has 3 N–H and O–H groups in total. The minimum Gasteiger partial charge on any atom is -0.361 e. The summed E-state index contributed by atoms with van der Waals surface area (Å²) in [5, 5.41) is 23.1. The van der Waals surface area contributed by atoms with E-state index in [1.807, 2.05) is 36.4 Å². The molecule has 3 rings (SSSR count). The Labute approximate surface area is 182 Å². The zero-order valence-corrected chi connectivity index (χ0v) is 18.7. The normalized spacial score (nSPS) is 12.1. The van der Waals surface area contributed by atoms with Crippen molar-refractivity contribution in [3.8, 4) is 11.1 Å². The number of benzene rings is 2. The molecule has 5 heteroatoms. The Kier molecular flexibility index (Phi) is 6.46. The summed E-state index contributed by atoms with van der Waals surface area (Å²) in [6.07, 6.45) is 0.931. The number of rotatable bonds is 6. The van der Waals surface area contributed by atoms with E-state index in [1.54, 1.807) is 0 Å². The Hall–Kier alpha value is -2.47. The van der Waals surface area contributed by atoms with E-state index in [2.05, 4.69) is 50.4 Å². The van der Waals surface area contributed by atoms with Gasteiger partial charge in [-0.2, -0.15) is 0 Å². The topological polar surface area (TPSA) is 69.6 Å². The van der Waals surface area contributed by atoms with Gasteiger partial charge in [0.25, 0.3) is 0 Å². The van der Waals surface area contributed by atoms with E-state index in [0.717, 1.165) is 21.6 Å². The number of aliphatic hydroxyl groups is 2. The molecule has 1 heterocycles. The van der Waals surface area contributed by atoms with Gasteiger partial charge in [-0.15, -0.1) is 11.3 Å². The van der Waals surface area contributed by atoms with Crippen LogP contribution >= 0.6 is 11.3 Å². The summed E-state index contributed by atoms with van der Waals surface area (Å²) >= 11 is 1.31. The molecule has 0 radical (unpaired) electrons. The van der Waals surface area contributed by atoms with Gasteiger partial charge < -0.3 is 15.5 Å². The molecule has 0 spiro atoms. The van der Waals surface area contributed by atoms with Gasteiger partial charge in [-0.25, -0.2) is 0 Å². The SMILES string of the molecule is CC(C)(C)c1cc(NC(=O)CCc2ccc(-c3ccccc3)cc2)c(C(C)(O)O)s1. The van der Waals surface area contributed by atoms with Crippen LogP contribution in [0.5, 0.6) is 0 Å². The fourth-order valence-corrected chi connectivity index (χ4v) is 4.29. The zero-order chi connectivity index (χ0) is 21.9. The lowest BCUT2D eigenvalue weighted by Crippen LogP contribution is -2.21. The van der Waals surface area contributed by atoms with Crippen molar-refractivity contribution in [3.63, 3.8) is 0 Å². The first-order valence-electron chi connectivity index (χ1n) is 10.1. The Morgan fingerprint density at radius 3 is 2.10 bits per heavy atom. The molecule has 0 saturated carbocycles. The number of carbonyl (C=O) groups is 1. The van der Waals surface area contributed by atoms with Crippen molar-refractivity contribution in [2.24, 2.45) is 0 Å². The van der Waals surface area contributed by atoms with Crippen LogP contribution in [-0.4, -0.2) is 16.1 Å². The molecule has 1 amide bonds. The predicted molar refractivity (Wildman–Crippen MR) is 124 cm³/mol. The Morgan fingerprint density at radius 2 is 1.53 bits per heavy atom. The highest BCUT2D eigenvalue weighted by Gasteiger charge is 2.29. The second-order valence-corrected chi connectivity index (χ2v) is 9.79. The van der Waals surface area contributed by atoms with E-state index in [-0.39, 0.29) is 11.3 Å². The van der Waals surface area contributed by atoms with Crippen molar-refractivity contribution in [1.82, 2.24) is 0 Å². The van der Waals surface area contributed by atoms with E-state index in [4.69, 9.17) is 0 Å². The van der Waals surface area contributed by atoms with E-state index >= 15 is 0 Å². The van der Waals surface area contributed by atoms with Crippen LogP contribution in [0.2, 0.25) is 0 Å². The second-order valence-electron chi connectivity index (χ2n) is 8.74. The summed E-state index contributed by atoms with van der Waals surface area (Å²) in [7, 11) is 0. The van der Waals surface area contributed by atoms with E-state index in [9.17, 15) is 15.0 Å². The second kappa shape index (κ2) is 8.72. The molecule has 158 valence electrons. The Bertz CT molecular complexity index is 994. The maximum absolute atomic E-state index is 12.5. The van der Waals surface area contributed by atoms with Gasteiger partial charge in [-0.3, -0.25) is 4.79 Å². The molecular formula is C25H29NO3S. The number of anilines is 1. The maximum Gasteiger partial charge on any atom is 0.224 e. The van der Waals surface area contributed by atoms with E-state index in [0.29, 0.717) is 23.4 Å². The van der Waals surface area contributed by atoms with Crippen LogP contribution in [-0.2, 0) is 22.4 Å². The third kappa shape index (κ3) is 5.57. The molecule has 0 aliphatic rings. The van der Waals surface area contributed by atoms with Crippen LogP contribution in [0.25, 0.3) is 11.1 Å². The molecule has 0 aliphatic carbocycles. The predicted octanol–water partition coefficient (Wildman–Crippen LogP) is 5.44. The monoisotopic (exact) mass is 423 g/mol. The number of hydrogen-bond donors (Lipinski definition) is 3. The quantitative estimate of drug-likeness (QED) is 0.462. The fraction of sp³-hybridized carbons (Fsp3) is 0.320. The van der Waals surface area contributed by atoms with Gasteiger partial charge >= 0.3 is 0 Å². The summed E-state index contributed by atoms with van der Waals surface area (Å²) < 4.78 is 0. The summed E-state index contributed by atoms with van der Waals surface area (Å²) in [4.78, 5) is 13.9. The molecule has 0 bridgehead atoms. The molecule has 30 heavy (non-hydrogen) atoms. The molecule has 4 nitrogen and oxygen atoms in total. The highest BCUT2D eigenvalue weighted by molar-refractivity contribution is 7.12. The highest BCUT2D eigenvalue weighted by atomic mass is 32.1. The minimum atomic E-state index is -2.00. The van der Waals surface area contributed by atoms with Crippen LogP contribution in [0.3, 0.4) is 0 Å². The number of amides is 1. The molecule has 2 aromatic carbocycles. The average molecular weight is 424 g/mol. The lowest BCUT2D eigenvalue weighted by atomic mass is 9.94. The van der Waals surface area contributed by atoms with E-state index < -0.39 is 5.79 Å². The molecule has 3 aromatic rings. The van der Waals surface area contributed by atoms with Crippen LogP contribution in [0.15, 0.2) is 60.7 Å². The molecule has 0 saturated heterocycles. The number of thiophene rings is 1. The van der Waals surface area contributed by atoms with Crippen LogP contribution in [0.1, 0.15) is 49.4 Å². The minimum absolute atomic E-state index is 0.145. The van der Waals surface area contributed by atoms with Gasteiger partial charge in [0, 0.05) is 11.3 Å². The summed E-state index contributed by atoms with van der Waals surface area (Å²) in [5.74, 6) is -2.14. The molecular weight excluding hydrogens is 394 g/mol. The molecule has 0 fully saturated rings. The van der Waals surface area contributed by atoms with E-state index in [1.165, 1.54) is 18.3 Å². The van der Waals surface area contributed by atoms with Gasteiger partial charge in [-0.1, -0.05) is 75.4 Å². The Morgan fingerprint density at radius 1 is 0.933 bits per heavy atom. The van der Waals surface area contributed by atoms with Gasteiger partial charge in [0.15, 0.2) is 5.79 Å². The number of carbonyl (C=O) groups excluding carboxylic acids is 1. The largest absolute Gasteiger partial charge is 0.361 e. The van der Waals surface area contributed by atoms with Crippen LogP contribution in [0, 0.1) is 0 Å². The van der Waals surface area contributed by atoms with Crippen molar-refractivity contribution in [1.29, 1.82) is 0 Å². The summed E-state index contributed by atoms with van der Waals surface area (Å²) in [5.41, 5.74) is 3.72. The van der Waals surface area contributed by atoms with Crippen molar-refractivity contribution in [2.45, 2.75) is 51.7 Å². The van der Waals surface area contributed by atoms with Gasteiger partial charge in [0.2, 0.25) is 5.91 Å². The van der Waals surface area contributed by atoms with Crippen LogP contribution in [0.4, 0.5) is 5.69 Å².